The molecule has 0 saturated heterocycles. The summed E-state index contributed by atoms with van der Waals surface area (Å²) in [5.74, 6) is 2.15. The molecule has 0 amide bonds. The van der Waals surface area contributed by atoms with Gasteiger partial charge in [0, 0.05) is 19.2 Å². The monoisotopic (exact) mass is 307 g/mol. The van der Waals surface area contributed by atoms with Gasteiger partial charge in [0.1, 0.15) is 0 Å². The van der Waals surface area contributed by atoms with Crippen LogP contribution in [0.25, 0.3) is 0 Å². The Morgan fingerprint density at radius 3 is 2.36 bits per heavy atom. The van der Waals surface area contributed by atoms with E-state index < -0.39 is 0 Å². The molecule has 0 unspecified atom stereocenters. The van der Waals surface area contributed by atoms with Crippen LogP contribution in [0.2, 0.25) is 0 Å². The van der Waals surface area contributed by atoms with Crippen molar-refractivity contribution in [1.82, 2.24) is 5.32 Å². The topological polar surface area (TPSA) is 50.7 Å². The van der Waals surface area contributed by atoms with E-state index in [9.17, 15) is 5.11 Å². The van der Waals surface area contributed by atoms with Crippen LogP contribution in [0.1, 0.15) is 45.1 Å². The van der Waals surface area contributed by atoms with Gasteiger partial charge in [-0.05, 0) is 63.1 Å². The Hall–Kier alpha value is -1.26. The fourth-order valence-electron chi connectivity index (χ4n) is 3.02. The Morgan fingerprint density at radius 1 is 1.05 bits per heavy atom. The van der Waals surface area contributed by atoms with Gasteiger partial charge in [-0.15, -0.1) is 0 Å². The van der Waals surface area contributed by atoms with Crippen molar-refractivity contribution in [1.29, 1.82) is 0 Å². The fraction of sp³-hybridized carbons (Fsp3) is 0.667. The molecule has 22 heavy (non-hydrogen) atoms. The standard InChI is InChI=1S/C18H29NO3/c1-3-21-17-10-7-15(11-18(17)22-4-2)12-19-16-8-5-14(13-20)6-9-16/h7,10-11,14,16,19-20H,3-6,8-9,12-13H2,1-2H3. The lowest BCUT2D eigenvalue weighted by atomic mass is 9.86. The van der Waals surface area contributed by atoms with E-state index in [-0.39, 0.29) is 0 Å². The highest BCUT2D eigenvalue weighted by Gasteiger charge is 2.20. The molecule has 2 rings (SSSR count). The predicted octanol–water partition coefficient (Wildman–Crippen LogP) is 3.12. The zero-order chi connectivity index (χ0) is 15.8. The lowest BCUT2D eigenvalue weighted by Crippen LogP contribution is -2.33. The maximum absolute atomic E-state index is 9.19. The average molecular weight is 307 g/mol. The third kappa shape index (κ3) is 4.89. The van der Waals surface area contributed by atoms with Crippen LogP contribution in [0.4, 0.5) is 0 Å². The summed E-state index contributed by atoms with van der Waals surface area (Å²) in [5.41, 5.74) is 1.22. The molecule has 1 saturated carbocycles. The lowest BCUT2D eigenvalue weighted by Gasteiger charge is -2.28. The summed E-state index contributed by atoms with van der Waals surface area (Å²) in [6, 6.07) is 6.72. The Kier molecular flexibility index (Phi) is 7.00. The van der Waals surface area contributed by atoms with Crippen LogP contribution in [0.3, 0.4) is 0 Å². The molecule has 124 valence electrons. The number of ether oxygens (including phenoxy) is 2. The first-order valence-electron chi connectivity index (χ1n) is 8.49. The Bertz CT molecular complexity index is 442. The van der Waals surface area contributed by atoms with Gasteiger partial charge in [0.05, 0.1) is 13.2 Å². The van der Waals surface area contributed by atoms with Crippen molar-refractivity contribution in [2.45, 2.75) is 52.1 Å². The van der Waals surface area contributed by atoms with Crippen LogP contribution in [-0.4, -0.2) is 31.0 Å². The van der Waals surface area contributed by atoms with Crippen molar-refractivity contribution in [3.63, 3.8) is 0 Å². The molecule has 0 aliphatic heterocycles. The Morgan fingerprint density at radius 2 is 1.73 bits per heavy atom. The summed E-state index contributed by atoms with van der Waals surface area (Å²) in [7, 11) is 0. The van der Waals surface area contributed by atoms with Crippen molar-refractivity contribution in [3.05, 3.63) is 23.8 Å². The minimum Gasteiger partial charge on any atom is -0.490 e. The molecule has 0 spiro atoms. The summed E-state index contributed by atoms with van der Waals surface area (Å²) < 4.78 is 11.3. The highest BCUT2D eigenvalue weighted by molar-refractivity contribution is 5.43. The van der Waals surface area contributed by atoms with Gasteiger partial charge in [0.15, 0.2) is 11.5 Å². The second-order valence-corrected chi connectivity index (χ2v) is 5.93. The first kappa shape index (κ1) is 17.1. The molecule has 0 heterocycles. The van der Waals surface area contributed by atoms with Crippen LogP contribution in [0.15, 0.2) is 18.2 Å². The van der Waals surface area contributed by atoms with Crippen molar-refractivity contribution < 1.29 is 14.6 Å². The molecule has 1 aromatic rings. The SMILES string of the molecule is CCOc1ccc(CNC2CCC(CO)CC2)cc1OCC. The molecule has 2 N–H and O–H groups in total. The predicted molar refractivity (Wildman–Crippen MR) is 88.5 cm³/mol. The van der Waals surface area contributed by atoms with Gasteiger partial charge in [-0.2, -0.15) is 0 Å². The molecule has 0 aromatic heterocycles. The first-order chi connectivity index (χ1) is 10.8. The first-order valence-corrected chi connectivity index (χ1v) is 8.49. The van der Waals surface area contributed by atoms with Crippen LogP contribution in [0, 0.1) is 5.92 Å². The number of nitrogens with one attached hydrogen (secondary N) is 1. The van der Waals surface area contributed by atoms with Crippen LogP contribution >= 0.6 is 0 Å². The second-order valence-electron chi connectivity index (χ2n) is 5.93. The maximum Gasteiger partial charge on any atom is 0.161 e. The summed E-state index contributed by atoms with van der Waals surface area (Å²) in [4.78, 5) is 0. The van der Waals surface area contributed by atoms with Crippen LogP contribution in [-0.2, 0) is 6.54 Å². The Labute approximate surface area is 133 Å². The van der Waals surface area contributed by atoms with E-state index in [0.717, 1.165) is 43.7 Å². The van der Waals surface area contributed by atoms with Crippen molar-refractivity contribution in [3.8, 4) is 11.5 Å². The molecule has 4 heteroatoms. The molecule has 1 aromatic carbocycles. The smallest absolute Gasteiger partial charge is 0.161 e. The summed E-state index contributed by atoms with van der Waals surface area (Å²) in [6.45, 7) is 6.44. The van der Waals surface area contributed by atoms with Crippen molar-refractivity contribution in [2.75, 3.05) is 19.8 Å². The number of hydrogen-bond acceptors (Lipinski definition) is 4. The van der Waals surface area contributed by atoms with E-state index >= 15 is 0 Å². The average Bonchev–Trinajstić information content (AvgIpc) is 2.56. The van der Waals surface area contributed by atoms with Crippen LogP contribution in [0.5, 0.6) is 11.5 Å². The molecular weight excluding hydrogens is 278 g/mol. The van der Waals surface area contributed by atoms with E-state index in [1.165, 1.54) is 5.56 Å². The molecule has 1 fully saturated rings. The molecular formula is C18H29NO3. The van der Waals surface area contributed by atoms with Gasteiger partial charge in [0.2, 0.25) is 0 Å². The summed E-state index contributed by atoms with van der Waals surface area (Å²) >= 11 is 0. The molecule has 4 nitrogen and oxygen atoms in total. The van der Waals surface area contributed by atoms with Crippen molar-refractivity contribution >= 4 is 0 Å². The molecule has 0 bridgehead atoms. The van der Waals surface area contributed by atoms with Gasteiger partial charge >= 0.3 is 0 Å². The third-order valence-electron chi connectivity index (χ3n) is 4.31. The third-order valence-corrected chi connectivity index (χ3v) is 4.31. The number of hydrogen-bond donors (Lipinski definition) is 2. The highest BCUT2D eigenvalue weighted by atomic mass is 16.5. The van der Waals surface area contributed by atoms with Crippen molar-refractivity contribution in [2.24, 2.45) is 5.92 Å². The van der Waals surface area contributed by atoms with E-state index in [1.54, 1.807) is 0 Å². The minimum absolute atomic E-state index is 0.337. The zero-order valence-corrected chi connectivity index (χ0v) is 13.8. The highest BCUT2D eigenvalue weighted by Crippen LogP contribution is 2.29. The van der Waals surface area contributed by atoms with E-state index in [1.807, 2.05) is 19.9 Å². The van der Waals surface area contributed by atoms with Gasteiger partial charge in [0.25, 0.3) is 0 Å². The van der Waals surface area contributed by atoms with E-state index in [0.29, 0.717) is 31.8 Å². The number of rotatable bonds is 8. The molecule has 1 aliphatic rings. The van der Waals surface area contributed by atoms with Crippen LogP contribution < -0.4 is 14.8 Å². The van der Waals surface area contributed by atoms with E-state index in [4.69, 9.17) is 9.47 Å². The Balaban J connectivity index is 1.88. The normalized spacial score (nSPS) is 21.6. The quantitative estimate of drug-likeness (QED) is 0.775. The largest absolute Gasteiger partial charge is 0.490 e. The van der Waals surface area contributed by atoms with Gasteiger partial charge in [-0.1, -0.05) is 6.07 Å². The number of benzene rings is 1. The van der Waals surface area contributed by atoms with Gasteiger partial charge < -0.3 is 19.9 Å². The number of aliphatic hydroxyl groups excluding tert-OH is 1. The minimum atomic E-state index is 0.337. The number of aliphatic hydroxyl groups is 1. The van der Waals surface area contributed by atoms with E-state index in [2.05, 4.69) is 17.4 Å². The summed E-state index contributed by atoms with van der Waals surface area (Å²) in [6.07, 6.45) is 4.56. The molecule has 1 aliphatic carbocycles. The van der Waals surface area contributed by atoms with Gasteiger partial charge in [-0.3, -0.25) is 0 Å². The fourth-order valence-corrected chi connectivity index (χ4v) is 3.02. The second kappa shape index (κ2) is 9.01. The molecule has 0 radical (unpaired) electrons. The van der Waals surface area contributed by atoms with Gasteiger partial charge in [-0.25, -0.2) is 0 Å². The zero-order valence-electron chi connectivity index (χ0n) is 13.8. The lowest BCUT2D eigenvalue weighted by molar-refractivity contribution is 0.175. The summed E-state index contributed by atoms with van der Waals surface area (Å²) in [5, 5.41) is 12.8. The molecule has 0 atom stereocenters. The maximum atomic E-state index is 9.19.